The molecule has 0 aliphatic heterocycles. The summed E-state index contributed by atoms with van der Waals surface area (Å²) in [5, 5.41) is 9.61. The molecule has 24 heavy (non-hydrogen) atoms. The number of aromatic nitrogens is 1. The van der Waals surface area contributed by atoms with Crippen molar-refractivity contribution in [2.24, 2.45) is 0 Å². The summed E-state index contributed by atoms with van der Waals surface area (Å²) in [5.41, 5.74) is 0.206. The van der Waals surface area contributed by atoms with Crippen molar-refractivity contribution < 1.29 is 17.6 Å². The fraction of sp³-hybridized carbons (Fsp3) is 0.0588. The predicted molar refractivity (Wildman–Crippen MR) is 84.5 cm³/mol. The highest BCUT2D eigenvalue weighted by atomic mass is 32.1. The van der Waals surface area contributed by atoms with Crippen molar-refractivity contribution in [3.63, 3.8) is 0 Å². The third-order valence-corrected chi connectivity index (χ3v) is 4.32. The molecule has 7 heteroatoms. The molecule has 1 aromatic heterocycles. The normalized spacial score (nSPS) is 12.4. The van der Waals surface area contributed by atoms with E-state index in [0.717, 1.165) is 23.5 Å². The molecule has 0 N–H and O–H groups in total. The highest BCUT2D eigenvalue weighted by Crippen LogP contribution is 2.34. The van der Waals surface area contributed by atoms with Gasteiger partial charge in [0.2, 0.25) is 0 Å². The number of hydrogen-bond donors (Lipinski definition) is 0. The molecule has 0 spiro atoms. The molecule has 1 heterocycles. The summed E-state index contributed by atoms with van der Waals surface area (Å²) in [6, 6.07) is 10.8. The van der Waals surface area contributed by atoms with Crippen molar-refractivity contribution >= 4 is 33.2 Å². The second-order valence-electron chi connectivity index (χ2n) is 4.92. The lowest BCUT2D eigenvalue weighted by molar-refractivity contribution is -0.137. The lowest BCUT2D eigenvalue weighted by Crippen LogP contribution is -2.03. The monoisotopic (exact) mass is 348 g/mol. The average molecular weight is 348 g/mol. The summed E-state index contributed by atoms with van der Waals surface area (Å²) in [5.74, 6) is -0.398. The van der Waals surface area contributed by atoms with Crippen molar-refractivity contribution in [2.45, 2.75) is 6.18 Å². The minimum atomic E-state index is -4.44. The first-order valence-electron chi connectivity index (χ1n) is 6.72. The third kappa shape index (κ3) is 3.29. The highest BCUT2D eigenvalue weighted by molar-refractivity contribution is 7.19. The van der Waals surface area contributed by atoms with E-state index in [2.05, 4.69) is 4.98 Å². The van der Waals surface area contributed by atoms with Crippen LogP contribution in [0.1, 0.15) is 16.1 Å². The second-order valence-corrected chi connectivity index (χ2v) is 5.95. The molecule has 3 rings (SSSR count). The molecule has 0 saturated carbocycles. The fourth-order valence-corrected chi connectivity index (χ4v) is 3.00. The van der Waals surface area contributed by atoms with Gasteiger partial charge in [0.05, 0.1) is 21.4 Å². The van der Waals surface area contributed by atoms with E-state index >= 15 is 0 Å². The molecule has 0 atom stereocenters. The first-order chi connectivity index (χ1) is 11.4. The lowest BCUT2D eigenvalue weighted by Gasteiger charge is -2.04. The van der Waals surface area contributed by atoms with E-state index in [0.29, 0.717) is 15.3 Å². The molecule has 0 bridgehead atoms. The zero-order valence-electron chi connectivity index (χ0n) is 11.9. The van der Waals surface area contributed by atoms with E-state index in [4.69, 9.17) is 0 Å². The lowest BCUT2D eigenvalue weighted by atomic mass is 10.1. The maximum absolute atomic E-state index is 12.9. The predicted octanol–water partition coefficient (Wildman–Crippen LogP) is 5.52. The molecule has 0 fully saturated rings. The first-order valence-corrected chi connectivity index (χ1v) is 7.54. The Bertz CT molecular complexity index is 963. The van der Waals surface area contributed by atoms with Crippen LogP contribution in [0.4, 0.5) is 17.6 Å². The van der Waals surface area contributed by atoms with Gasteiger partial charge in [0.1, 0.15) is 16.9 Å². The van der Waals surface area contributed by atoms with Crippen LogP contribution in [0.2, 0.25) is 0 Å². The Morgan fingerprint density at radius 2 is 1.83 bits per heavy atom. The van der Waals surface area contributed by atoms with Crippen molar-refractivity contribution in [1.82, 2.24) is 4.98 Å². The van der Waals surface area contributed by atoms with E-state index in [1.165, 1.54) is 36.4 Å². The zero-order chi connectivity index (χ0) is 17.3. The van der Waals surface area contributed by atoms with E-state index in [1.54, 1.807) is 0 Å². The quantitative estimate of drug-likeness (QED) is 0.452. The van der Waals surface area contributed by atoms with E-state index < -0.39 is 17.6 Å². The number of thiazole rings is 1. The molecule has 0 radical (unpaired) electrons. The van der Waals surface area contributed by atoms with Crippen LogP contribution in [0.3, 0.4) is 0 Å². The number of allylic oxidation sites excluding steroid dienone is 1. The summed E-state index contributed by atoms with van der Waals surface area (Å²) >= 11 is 1.13. The molecule has 2 aromatic carbocycles. The van der Waals surface area contributed by atoms with E-state index in [-0.39, 0.29) is 11.1 Å². The number of benzene rings is 2. The summed E-state index contributed by atoms with van der Waals surface area (Å²) in [6.07, 6.45) is -2.93. The molecule has 0 aliphatic rings. The van der Waals surface area contributed by atoms with Gasteiger partial charge in [0.15, 0.2) is 0 Å². The van der Waals surface area contributed by atoms with Gasteiger partial charge in [0, 0.05) is 0 Å². The van der Waals surface area contributed by atoms with Crippen molar-refractivity contribution in [2.75, 3.05) is 0 Å². The van der Waals surface area contributed by atoms with Crippen LogP contribution in [-0.2, 0) is 6.18 Å². The van der Waals surface area contributed by atoms with Crippen LogP contribution in [0.15, 0.2) is 42.5 Å². The standard InChI is InChI=1S/C17H8F4N2S/c18-13-4-1-10(2-5-13)7-11(9-22)16-23-14-8-12(17(19,20)21)3-6-15(14)24-16/h1-8H. The minimum absolute atomic E-state index is 0.185. The second kappa shape index (κ2) is 6.06. The largest absolute Gasteiger partial charge is 0.416 e. The Morgan fingerprint density at radius 3 is 2.46 bits per heavy atom. The summed E-state index contributed by atoms with van der Waals surface area (Å²) in [7, 11) is 0. The van der Waals surface area contributed by atoms with Crippen LogP contribution in [0, 0.1) is 17.1 Å². The third-order valence-electron chi connectivity index (χ3n) is 3.25. The Morgan fingerprint density at radius 1 is 1.12 bits per heavy atom. The smallest absolute Gasteiger partial charge is 0.235 e. The zero-order valence-corrected chi connectivity index (χ0v) is 12.7. The van der Waals surface area contributed by atoms with Crippen LogP contribution >= 0.6 is 11.3 Å². The van der Waals surface area contributed by atoms with Crippen molar-refractivity contribution in [1.29, 1.82) is 5.26 Å². The summed E-state index contributed by atoms with van der Waals surface area (Å²) in [4.78, 5) is 4.13. The van der Waals surface area contributed by atoms with Gasteiger partial charge < -0.3 is 0 Å². The Kier molecular flexibility index (Phi) is 4.08. The molecule has 0 saturated heterocycles. The van der Waals surface area contributed by atoms with Crippen molar-refractivity contribution in [3.8, 4) is 6.07 Å². The fourth-order valence-electron chi connectivity index (χ4n) is 2.09. The van der Waals surface area contributed by atoms with Gasteiger partial charge in [-0.1, -0.05) is 12.1 Å². The van der Waals surface area contributed by atoms with Gasteiger partial charge >= 0.3 is 6.18 Å². The van der Waals surface area contributed by atoms with Gasteiger partial charge in [-0.25, -0.2) is 9.37 Å². The maximum Gasteiger partial charge on any atom is 0.416 e. The van der Waals surface area contributed by atoms with Crippen LogP contribution in [0.25, 0.3) is 21.9 Å². The maximum atomic E-state index is 12.9. The Labute approximate surface area is 138 Å². The number of rotatable bonds is 2. The SMILES string of the molecule is N#CC(=Cc1ccc(F)cc1)c1nc2cc(C(F)(F)F)ccc2s1. The van der Waals surface area contributed by atoms with Gasteiger partial charge in [-0.05, 0) is 42.0 Å². The Hall–Kier alpha value is -2.72. The van der Waals surface area contributed by atoms with Crippen LogP contribution in [0.5, 0.6) is 0 Å². The van der Waals surface area contributed by atoms with Crippen molar-refractivity contribution in [3.05, 3.63) is 64.4 Å². The molecule has 120 valence electrons. The number of fused-ring (bicyclic) bond motifs is 1. The Balaban J connectivity index is 2.04. The molecule has 0 unspecified atom stereocenters. The topological polar surface area (TPSA) is 36.7 Å². The van der Waals surface area contributed by atoms with Gasteiger partial charge in [-0.3, -0.25) is 0 Å². The molecule has 0 amide bonds. The van der Waals surface area contributed by atoms with Crippen LogP contribution in [-0.4, -0.2) is 4.98 Å². The first kappa shape index (κ1) is 16.1. The molecular weight excluding hydrogens is 340 g/mol. The molecular formula is C17H8F4N2S. The number of nitriles is 1. The number of alkyl halides is 3. The highest BCUT2D eigenvalue weighted by Gasteiger charge is 2.30. The number of halogens is 4. The summed E-state index contributed by atoms with van der Waals surface area (Å²) in [6.45, 7) is 0. The average Bonchev–Trinajstić information content (AvgIpc) is 2.96. The molecule has 0 aliphatic carbocycles. The van der Waals surface area contributed by atoms with E-state index in [9.17, 15) is 22.8 Å². The number of hydrogen-bond acceptors (Lipinski definition) is 3. The number of nitrogens with zero attached hydrogens (tertiary/aromatic N) is 2. The summed E-state index contributed by atoms with van der Waals surface area (Å²) < 4.78 is 51.7. The molecule has 2 nitrogen and oxygen atoms in total. The minimum Gasteiger partial charge on any atom is -0.235 e. The van der Waals surface area contributed by atoms with Crippen LogP contribution < -0.4 is 0 Å². The molecule has 3 aromatic rings. The van der Waals surface area contributed by atoms with Gasteiger partial charge in [-0.15, -0.1) is 11.3 Å². The van der Waals surface area contributed by atoms with Gasteiger partial charge in [-0.2, -0.15) is 18.4 Å². The van der Waals surface area contributed by atoms with Gasteiger partial charge in [0.25, 0.3) is 0 Å². The van der Waals surface area contributed by atoms with E-state index in [1.807, 2.05) is 6.07 Å².